The molecule has 0 radical (unpaired) electrons. The number of aromatic carboxylic acids is 1. The molecular weight excluding hydrogens is 331 g/mol. The van der Waals surface area contributed by atoms with Crippen LogP contribution in [0.25, 0.3) is 0 Å². The zero-order chi connectivity index (χ0) is 18.4. The second kappa shape index (κ2) is 7.91. The second-order valence-electron chi connectivity index (χ2n) is 4.78. The van der Waals surface area contributed by atoms with Gasteiger partial charge in [-0.15, -0.1) is 0 Å². The largest absolute Gasteiger partial charge is 0.493 e. The summed E-state index contributed by atoms with van der Waals surface area (Å²) in [6.07, 6.45) is 1.17. The SMILES string of the molecule is COc1ccc(/C=N/NC(=O)c2ccc(F)cc2)c(C(=O)O)c1OC. The van der Waals surface area contributed by atoms with Crippen molar-refractivity contribution in [3.05, 3.63) is 58.9 Å². The Bertz CT molecular complexity index is 819. The lowest BCUT2D eigenvalue weighted by Gasteiger charge is -2.12. The van der Waals surface area contributed by atoms with Gasteiger partial charge in [-0.05, 0) is 36.4 Å². The van der Waals surface area contributed by atoms with Crippen molar-refractivity contribution < 1.29 is 28.6 Å². The molecule has 2 rings (SSSR count). The van der Waals surface area contributed by atoms with Crippen LogP contribution >= 0.6 is 0 Å². The zero-order valence-electron chi connectivity index (χ0n) is 13.4. The van der Waals surface area contributed by atoms with Crippen LogP contribution in [-0.2, 0) is 0 Å². The molecule has 0 atom stereocenters. The van der Waals surface area contributed by atoms with Gasteiger partial charge >= 0.3 is 5.97 Å². The van der Waals surface area contributed by atoms with Crippen LogP contribution in [0.3, 0.4) is 0 Å². The van der Waals surface area contributed by atoms with Gasteiger partial charge < -0.3 is 14.6 Å². The van der Waals surface area contributed by atoms with Crippen molar-refractivity contribution in [1.82, 2.24) is 5.43 Å². The molecule has 0 unspecified atom stereocenters. The first-order valence-corrected chi connectivity index (χ1v) is 7.05. The summed E-state index contributed by atoms with van der Waals surface area (Å²) in [5.74, 6) is -1.96. The standard InChI is InChI=1S/C17H15FN2O5/c1-24-13-8-5-11(14(17(22)23)15(13)25-2)9-19-20-16(21)10-3-6-12(18)7-4-10/h3-9H,1-2H3,(H,20,21)(H,22,23)/b19-9+. The van der Waals surface area contributed by atoms with Gasteiger partial charge in [-0.25, -0.2) is 14.6 Å². The number of hydrogen-bond acceptors (Lipinski definition) is 5. The van der Waals surface area contributed by atoms with Crippen molar-refractivity contribution in [2.75, 3.05) is 14.2 Å². The molecule has 0 saturated carbocycles. The first-order valence-electron chi connectivity index (χ1n) is 7.05. The van der Waals surface area contributed by atoms with E-state index in [1.807, 2.05) is 0 Å². The number of rotatable bonds is 6. The lowest BCUT2D eigenvalue weighted by atomic mass is 10.1. The topological polar surface area (TPSA) is 97.2 Å². The molecule has 0 aliphatic rings. The molecule has 0 aromatic heterocycles. The van der Waals surface area contributed by atoms with Crippen LogP contribution in [0.1, 0.15) is 26.3 Å². The van der Waals surface area contributed by atoms with Gasteiger partial charge in [0.25, 0.3) is 5.91 Å². The van der Waals surface area contributed by atoms with Gasteiger partial charge in [0, 0.05) is 11.1 Å². The second-order valence-corrected chi connectivity index (χ2v) is 4.78. The summed E-state index contributed by atoms with van der Waals surface area (Å²) in [5.41, 5.74) is 2.52. The van der Waals surface area contributed by atoms with Crippen LogP contribution in [0.5, 0.6) is 11.5 Å². The number of methoxy groups -OCH3 is 2. The van der Waals surface area contributed by atoms with Crippen LogP contribution in [0.15, 0.2) is 41.5 Å². The Kier molecular flexibility index (Phi) is 5.67. The Hall–Kier alpha value is -3.42. The molecule has 25 heavy (non-hydrogen) atoms. The molecule has 0 spiro atoms. The molecule has 0 fully saturated rings. The fraction of sp³-hybridized carbons (Fsp3) is 0.118. The number of ether oxygens (including phenoxy) is 2. The van der Waals surface area contributed by atoms with E-state index in [2.05, 4.69) is 10.5 Å². The van der Waals surface area contributed by atoms with Crippen molar-refractivity contribution >= 4 is 18.1 Å². The molecule has 2 aromatic rings. The van der Waals surface area contributed by atoms with E-state index >= 15 is 0 Å². The first-order chi connectivity index (χ1) is 12.0. The number of carbonyl (C=O) groups excluding carboxylic acids is 1. The van der Waals surface area contributed by atoms with E-state index < -0.39 is 17.7 Å². The molecule has 0 aliphatic carbocycles. The lowest BCUT2D eigenvalue weighted by molar-refractivity contribution is 0.0692. The third-order valence-corrected chi connectivity index (χ3v) is 3.27. The molecule has 0 saturated heterocycles. The molecule has 130 valence electrons. The van der Waals surface area contributed by atoms with Crippen LogP contribution in [0, 0.1) is 5.82 Å². The fourth-order valence-corrected chi connectivity index (χ4v) is 2.10. The molecule has 0 heterocycles. The number of carboxylic acids is 1. The predicted octanol–water partition coefficient (Wildman–Crippen LogP) is 2.31. The summed E-state index contributed by atoms with van der Waals surface area (Å²) in [4.78, 5) is 23.4. The minimum absolute atomic E-state index is 0.0452. The highest BCUT2D eigenvalue weighted by Crippen LogP contribution is 2.32. The molecule has 2 aromatic carbocycles. The highest BCUT2D eigenvalue weighted by molar-refractivity contribution is 6.02. The van der Waals surface area contributed by atoms with Gasteiger partial charge in [-0.3, -0.25) is 4.79 Å². The maximum atomic E-state index is 12.8. The molecule has 7 nitrogen and oxygen atoms in total. The van der Waals surface area contributed by atoms with Gasteiger partial charge in [0.1, 0.15) is 11.4 Å². The van der Waals surface area contributed by atoms with Gasteiger partial charge in [-0.2, -0.15) is 5.10 Å². The average molecular weight is 346 g/mol. The quantitative estimate of drug-likeness (QED) is 0.618. The van der Waals surface area contributed by atoms with Crippen molar-refractivity contribution in [2.45, 2.75) is 0 Å². The predicted molar refractivity (Wildman–Crippen MR) is 88.0 cm³/mol. The molecule has 1 amide bonds. The smallest absolute Gasteiger partial charge is 0.340 e. The first kappa shape index (κ1) is 17.9. The summed E-state index contributed by atoms with van der Waals surface area (Å²) < 4.78 is 23.0. The van der Waals surface area contributed by atoms with Crippen LogP contribution in [0.4, 0.5) is 4.39 Å². The van der Waals surface area contributed by atoms with Crippen LogP contribution in [0.2, 0.25) is 0 Å². The minimum atomic E-state index is -1.23. The fourth-order valence-electron chi connectivity index (χ4n) is 2.10. The van der Waals surface area contributed by atoms with E-state index in [0.29, 0.717) is 0 Å². The Labute approximate surface area is 142 Å². The van der Waals surface area contributed by atoms with E-state index in [9.17, 15) is 19.1 Å². The molecular formula is C17H15FN2O5. The lowest BCUT2D eigenvalue weighted by Crippen LogP contribution is -2.18. The summed E-state index contributed by atoms with van der Waals surface area (Å²) in [5, 5.41) is 13.1. The van der Waals surface area contributed by atoms with Crippen molar-refractivity contribution in [3.63, 3.8) is 0 Å². The minimum Gasteiger partial charge on any atom is -0.493 e. The number of hydrogen-bond donors (Lipinski definition) is 2. The normalized spacial score (nSPS) is 10.5. The van der Waals surface area contributed by atoms with E-state index in [1.54, 1.807) is 0 Å². The van der Waals surface area contributed by atoms with Gasteiger partial charge in [0.15, 0.2) is 11.5 Å². The maximum absolute atomic E-state index is 12.8. The molecule has 2 N–H and O–H groups in total. The average Bonchev–Trinajstić information content (AvgIpc) is 2.61. The Morgan fingerprint density at radius 1 is 1.12 bits per heavy atom. The number of carboxylic acid groups (broad SMARTS) is 1. The molecule has 8 heteroatoms. The van der Waals surface area contributed by atoms with Crippen molar-refractivity contribution in [2.24, 2.45) is 5.10 Å². The summed E-state index contributed by atoms with van der Waals surface area (Å²) in [6, 6.07) is 7.90. The number of amides is 1. The molecule has 0 bridgehead atoms. The Morgan fingerprint density at radius 2 is 1.80 bits per heavy atom. The van der Waals surface area contributed by atoms with Crippen LogP contribution in [-0.4, -0.2) is 37.4 Å². The van der Waals surface area contributed by atoms with Crippen LogP contribution < -0.4 is 14.9 Å². The van der Waals surface area contributed by atoms with E-state index in [1.165, 1.54) is 44.7 Å². The van der Waals surface area contributed by atoms with Crippen molar-refractivity contribution in [1.29, 1.82) is 0 Å². The maximum Gasteiger partial charge on any atom is 0.340 e. The van der Waals surface area contributed by atoms with E-state index in [4.69, 9.17) is 9.47 Å². The molecule has 0 aliphatic heterocycles. The third kappa shape index (κ3) is 4.11. The summed E-state index contributed by atoms with van der Waals surface area (Å²) in [7, 11) is 2.71. The number of hydrazone groups is 1. The number of carbonyl (C=O) groups is 2. The third-order valence-electron chi connectivity index (χ3n) is 3.27. The van der Waals surface area contributed by atoms with Crippen molar-refractivity contribution in [3.8, 4) is 11.5 Å². The number of benzene rings is 2. The Balaban J connectivity index is 2.24. The van der Waals surface area contributed by atoms with Gasteiger partial charge in [0.2, 0.25) is 0 Å². The van der Waals surface area contributed by atoms with E-state index in [-0.39, 0.29) is 28.2 Å². The Morgan fingerprint density at radius 3 is 2.36 bits per heavy atom. The zero-order valence-corrected chi connectivity index (χ0v) is 13.4. The highest BCUT2D eigenvalue weighted by atomic mass is 19.1. The summed E-state index contributed by atoms with van der Waals surface area (Å²) in [6.45, 7) is 0. The highest BCUT2D eigenvalue weighted by Gasteiger charge is 2.20. The van der Waals surface area contributed by atoms with Gasteiger partial charge in [0.05, 0.1) is 20.4 Å². The number of nitrogens with zero attached hydrogens (tertiary/aromatic N) is 1. The van der Waals surface area contributed by atoms with Gasteiger partial charge in [-0.1, -0.05) is 0 Å². The monoisotopic (exact) mass is 346 g/mol. The number of nitrogens with one attached hydrogen (secondary N) is 1. The number of halogens is 1. The van der Waals surface area contributed by atoms with E-state index in [0.717, 1.165) is 12.1 Å². The summed E-state index contributed by atoms with van der Waals surface area (Å²) >= 11 is 0.